The zero-order valence-corrected chi connectivity index (χ0v) is 26.5. The number of amides is 1. The number of carbonyl (C=O) groups is 2. The number of carbonyl (C=O) groups excluding carboxylic acids is 2. The van der Waals surface area contributed by atoms with E-state index in [9.17, 15) is 9.59 Å². The van der Waals surface area contributed by atoms with Gasteiger partial charge in [-0.1, -0.05) is 53.5 Å². The van der Waals surface area contributed by atoms with Gasteiger partial charge in [0.25, 0.3) is 5.91 Å². The van der Waals surface area contributed by atoms with Gasteiger partial charge in [0.05, 0.1) is 11.9 Å². The van der Waals surface area contributed by atoms with Gasteiger partial charge in [-0.15, -0.1) is 0 Å². The summed E-state index contributed by atoms with van der Waals surface area (Å²) in [6, 6.07) is 7.83. The van der Waals surface area contributed by atoms with E-state index in [2.05, 4.69) is 61.5 Å². The molecule has 192 valence electrons. The predicted molar refractivity (Wildman–Crippen MR) is 142 cm³/mol. The van der Waals surface area contributed by atoms with Crippen molar-refractivity contribution in [1.82, 2.24) is 24.1 Å². The molecular weight excluding hydrogens is 489 g/mol. The standard InChI is InChI=1S/C17H15N3O2.C12H22N2.K/c1-12(13(2)21)14-6-9-19(10-7-14)17(22)15-11-18-16-5-3-4-8-20(15)16;1-6-8-10-9-11(12(3,4)5)13-14(10)7-2;/h1,3-5,8,11H,6,9-10H2,2H3;9H,6-8H2,1-5H3;/q-2;;+1. The Balaban J connectivity index is 0.000000280. The number of ketones is 1. The second kappa shape index (κ2) is 13.8. The van der Waals surface area contributed by atoms with Crippen LogP contribution in [0.2, 0.25) is 0 Å². The molecule has 0 bridgehead atoms. The molecule has 0 aromatic carbocycles. The van der Waals surface area contributed by atoms with E-state index in [0.29, 0.717) is 30.8 Å². The average Bonchev–Trinajstić information content (AvgIpc) is 3.48. The molecule has 8 heteroatoms. The van der Waals surface area contributed by atoms with E-state index >= 15 is 0 Å². The third kappa shape index (κ3) is 7.83. The van der Waals surface area contributed by atoms with E-state index in [1.165, 1.54) is 24.7 Å². The van der Waals surface area contributed by atoms with Crippen molar-refractivity contribution in [1.29, 1.82) is 0 Å². The van der Waals surface area contributed by atoms with Gasteiger partial charge in [-0.3, -0.25) is 13.9 Å². The number of aryl methyl sites for hydroxylation is 2. The summed E-state index contributed by atoms with van der Waals surface area (Å²) in [5.41, 5.74) is 4.95. The van der Waals surface area contributed by atoms with Gasteiger partial charge in [0.15, 0.2) is 0 Å². The summed E-state index contributed by atoms with van der Waals surface area (Å²) < 4.78 is 3.89. The summed E-state index contributed by atoms with van der Waals surface area (Å²) in [5.74, 6) is -0.268. The summed E-state index contributed by atoms with van der Waals surface area (Å²) in [6.07, 6.45) is 9.30. The first-order chi connectivity index (χ1) is 17.1. The van der Waals surface area contributed by atoms with Crippen LogP contribution in [0.15, 0.2) is 47.8 Å². The van der Waals surface area contributed by atoms with Gasteiger partial charge in [0.1, 0.15) is 11.3 Å². The largest absolute Gasteiger partial charge is 1.00 e. The number of aromatic nitrogens is 4. The Morgan fingerprint density at radius 2 is 1.92 bits per heavy atom. The molecule has 0 atom stereocenters. The molecule has 4 heterocycles. The number of Topliss-reactive ketones (excluding diaryl/α,β-unsaturated/α-hetero) is 1. The van der Waals surface area contributed by atoms with Gasteiger partial charge in [-0.05, 0) is 43.9 Å². The number of hydrogen-bond donors (Lipinski definition) is 0. The monoisotopic (exact) mass is 526 g/mol. The molecule has 4 rings (SSSR count). The first kappa shape index (κ1) is 31.4. The third-order valence-electron chi connectivity index (χ3n) is 6.18. The van der Waals surface area contributed by atoms with E-state index in [-0.39, 0.29) is 74.1 Å². The normalized spacial score (nSPS) is 13.4. The van der Waals surface area contributed by atoms with Crippen molar-refractivity contribution in [3.05, 3.63) is 77.5 Å². The molecule has 0 N–H and O–H groups in total. The molecule has 0 saturated heterocycles. The maximum atomic E-state index is 12.6. The Kier molecular flexibility index (Phi) is 11.7. The Morgan fingerprint density at radius 1 is 1.19 bits per heavy atom. The number of allylic oxidation sites excluding steroid dienone is 1. The van der Waals surface area contributed by atoms with Crippen LogP contribution in [-0.4, -0.2) is 48.8 Å². The van der Waals surface area contributed by atoms with Crippen LogP contribution in [0, 0.1) is 12.7 Å². The Bertz CT molecular complexity index is 1280. The smallest absolute Gasteiger partial charge is 0.391 e. The molecule has 0 radical (unpaired) electrons. The molecular formula is C29H37KN5O2-. The van der Waals surface area contributed by atoms with E-state index < -0.39 is 0 Å². The first-order valence-electron chi connectivity index (χ1n) is 12.6. The summed E-state index contributed by atoms with van der Waals surface area (Å²) in [6.45, 7) is 20.0. The molecule has 0 aliphatic carbocycles. The number of fused-ring (bicyclic) bond motifs is 1. The fraction of sp³-hybridized carbons (Fsp3) is 0.448. The maximum Gasteiger partial charge on any atom is 1.00 e. The number of rotatable bonds is 6. The minimum Gasteiger partial charge on any atom is -0.391 e. The van der Waals surface area contributed by atoms with Crippen molar-refractivity contribution in [3.63, 3.8) is 0 Å². The second-order valence-electron chi connectivity index (χ2n) is 10.0. The van der Waals surface area contributed by atoms with Crippen molar-refractivity contribution >= 4 is 17.3 Å². The predicted octanol–water partition coefficient (Wildman–Crippen LogP) is 2.02. The molecule has 3 aromatic rings. The SMILES string of the molecule is CCCc1cc(C(C)(C)C)nn1CC.[CH-]=C(C(C)=O)C1=[C-]CN(C(=O)c2cnc3ccccn23)CC1.[K+]. The molecule has 0 unspecified atom stereocenters. The molecule has 0 saturated carbocycles. The quantitative estimate of drug-likeness (QED) is 0.280. The van der Waals surface area contributed by atoms with Gasteiger partial charge in [-0.25, -0.2) is 4.98 Å². The van der Waals surface area contributed by atoms with Gasteiger partial charge in [0, 0.05) is 30.4 Å². The minimum absolute atomic E-state index is 0. The number of imidazole rings is 1. The Hall–Kier alpha value is -1.84. The minimum atomic E-state index is -0.163. The summed E-state index contributed by atoms with van der Waals surface area (Å²) in [5, 5.41) is 4.64. The second-order valence-corrected chi connectivity index (χ2v) is 10.0. The first-order valence-corrected chi connectivity index (χ1v) is 12.6. The Labute approximate surface area is 263 Å². The van der Waals surface area contributed by atoms with Crippen molar-refractivity contribution in [3.8, 4) is 0 Å². The molecule has 3 aromatic heterocycles. The fourth-order valence-corrected chi connectivity index (χ4v) is 4.03. The van der Waals surface area contributed by atoms with E-state index in [1.807, 2.05) is 24.4 Å². The zero-order chi connectivity index (χ0) is 26.5. The van der Waals surface area contributed by atoms with Crippen LogP contribution < -0.4 is 51.4 Å². The van der Waals surface area contributed by atoms with Gasteiger partial charge < -0.3 is 33.5 Å². The van der Waals surface area contributed by atoms with Crippen LogP contribution >= 0.6 is 0 Å². The molecule has 1 amide bonds. The number of pyridine rings is 1. The van der Waals surface area contributed by atoms with Gasteiger partial charge >= 0.3 is 51.4 Å². The Morgan fingerprint density at radius 3 is 2.49 bits per heavy atom. The number of hydrogen-bond acceptors (Lipinski definition) is 4. The van der Waals surface area contributed by atoms with Crippen LogP contribution in [0.5, 0.6) is 0 Å². The molecule has 0 fully saturated rings. The molecule has 1 aliphatic heterocycles. The topological polar surface area (TPSA) is 72.5 Å². The van der Waals surface area contributed by atoms with E-state index in [4.69, 9.17) is 6.58 Å². The van der Waals surface area contributed by atoms with Crippen LogP contribution in [-0.2, 0) is 23.2 Å². The van der Waals surface area contributed by atoms with E-state index in [1.54, 1.807) is 15.5 Å². The maximum absolute atomic E-state index is 12.6. The summed E-state index contributed by atoms with van der Waals surface area (Å²) in [4.78, 5) is 29.8. The summed E-state index contributed by atoms with van der Waals surface area (Å²) in [7, 11) is 0. The third-order valence-corrected chi connectivity index (χ3v) is 6.18. The van der Waals surface area contributed by atoms with E-state index in [0.717, 1.165) is 18.6 Å². The van der Waals surface area contributed by atoms with Crippen molar-refractivity contribution < 1.29 is 61.0 Å². The molecule has 37 heavy (non-hydrogen) atoms. The average molecular weight is 527 g/mol. The zero-order valence-electron chi connectivity index (χ0n) is 23.3. The van der Waals surface area contributed by atoms with Crippen LogP contribution in [0.25, 0.3) is 5.65 Å². The van der Waals surface area contributed by atoms with Crippen LogP contribution in [0.3, 0.4) is 0 Å². The molecule has 7 nitrogen and oxygen atoms in total. The van der Waals surface area contributed by atoms with Crippen LogP contribution in [0.1, 0.15) is 76.3 Å². The molecule has 0 spiro atoms. The van der Waals surface area contributed by atoms with Crippen LogP contribution in [0.4, 0.5) is 0 Å². The van der Waals surface area contributed by atoms with Gasteiger partial charge in [-0.2, -0.15) is 5.10 Å². The van der Waals surface area contributed by atoms with Crippen molar-refractivity contribution in [2.75, 3.05) is 13.1 Å². The van der Waals surface area contributed by atoms with Crippen molar-refractivity contribution in [2.45, 2.75) is 72.8 Å². The fourth-order valence-electron chi connectivity index (χ4n) is 4.03. The van der Waals surface area contributed by atoms with Crippen molar-refractivity contribution in [2.24, 2.45) is 0 Å². The van der Waals surface area contributed by atoms with Gasteiger partial charge in [0.2, 0.25) is 0 Å². The number of nitrogens with zero attached hydrogens (tertiary/aromatic N) is 5. The molecule has 1 aliphatic rings. The summed E-state index contributed by atoms with van der Waals surface area (Å²) >= 11 is 0.